The average Bonchev–Trinajstić information content (AvgIpc) is 3.58. The third kappa shape index (κ3) is 17.8. The molecule has 0 aromatic heterocycles. The maximum absolute atomic E-state index is 13.9. The Morgan fingerprint density at radius 1 is 0.633 bits per heavy atom. The van der Waals surface area contributed by atoms with Gasteiger partial charge in [-0.25, -0.2) is 4.79 Å². The number of ether oxygens (including phenoxy) is 12. The molecule has 5 saturated heterocycles. The Bertz CT molecular complexity index is 1910. The molecular weight excluding hydrogens is 1040 g/mol. The average molecular weight is 1140 g/mol. The number of carbonyl (C=O) groups is 4. The fourth-order valence-electron chi connectivity index (χ4n) is 9.99. The van der Waals surface area contributed by atoms with Crippen molar-refractivity contribution in [3.8, 4) is 0 Å². The molecule has 8 N–H and O–H groups in total. The van der Waals surface area contributed by atoms with Crippen LogP contribution in [0.4, 0.5) is 0 Å². The molecule has 0 amide bonds. The summed E-state index contributed by atoms with van der Waals surface area (Å²) in [7, 11) is 0. The summed E-state index contributed by atoms with van der Waals surface area (Å²) in [4.78, 5) is 54.3. The zero-order valence-electron chi connectivity index (χ0n) is 47.4. The third-order valence-electron chi connectivity index (χ3n) is 15.8. The van der Waals surface area contributed by atoms with Gasteiger partial charge in [0.1, 0.15) is 61.0 Å². The summed E-state index contributed by atoms with van der Waals surface area (Å²) in [6.45, 7) is 12.3. The number of aliphatic hydroxyl groups excluding tert-OH is 8. The molecule has 0 saturated carbocycles. The molecular formula is C55H92O24. The van der Waals surface area contributed by atoms with Gasteiger partial charge >= 0.3 is 23.9 Å². The van der Waals surface area contributed by atoms with E-state index in [1.807, 2.05) is 0 Å². The lowest BCUT2D eigenvalue weighted by atomic mass is 9.95. The van der Waals surface area contributed by atoms with Gasteiger partial charge in [-0.2, -0.15) is 0 Å². The van der Waals surface area contributed by atoms with Crippen LogP contribution in [0.1, 0.15) is 152 Å². The Balaban J connectivity index is 1.70. The summed E-state index contributed by atoms with van der Waals surface area (Å²) in [5, 5.41) is 91.4. The van der Waals surface area contributed by atoms with Crippen LogP contribution in [-0.4, -0.2) is 213 Å². The van der Waals surface area contributed by atoms with Crippen molar-refractivity contribution >= 4 is 23.9 Å². The van der Waals surface area contributed by atoms with E-state index in [0.717, 1.165) is 51.4 Å². The molecule has 5 heterocycles. The lowest BCUT2D eigenvalue weighted by Gasteiger charge is -2.51. The van der Waals surface area contributed by atoms with Gasteiger partial charge < -0.3 is 97.7 Å². The highest BCUT2D eigenvalue weighted by atomic mass is 16.8. The monoisotopic (exact) mass is 1140 g/mol. The molecule has 24 atom stereocenters. The standard InChI is InChI=1S/C55H92O24/c1-10-13-19-22-33-23-20-17-15-14-16-18-21-24-36(59)73-47-43(75-50(66)28(5)12-3)38(61)34(25-56)71-54(47)77-44-39(62)35(26-57)72-55(78-45-40(63)37(60)31(8)68-52(45)70-33)48(44)79-53-46(76-51(67)29(6)30(7)58)41(64)42(32(9)69-53)74-49(65)27(4)11-2/h11,28-35,37-48,52-58,60-64H,10,12-26H2,1-9H3. The highest BCUT2D eigenvalue weighted by Crippen LogP contribution is 2.39. The fourth-order valence-corrected chi connectivity index (χ4v) is 9.99. The van der Waals surface area contributed by atoms with Crippen LogP contribution in [0.15, 0.2) is 11.6 Å². The minimum Gasteiger partial charge on any atom is -0.455 e. The summed E-state index contributed by atoms with van der Waals surface area (Å²) in [5.41, 5.74) is 0.166. The van der Waals surface area contributed by atoms with Gasteiger partial charge in [-0.1, -0.05) is 84.6 Å². The number of rotatable bonds is 16. The molecule has 24 heteroatoms. The predicted octanol–water partition coefficient (Wildman–Crippen LogP) is 2.04. The van der Waals surface area contributed by atoms with Gasteiger partial charge in [0.05, 0.1) is 49.5 Å². The topological polar surface area (TPSA) is 341 Å². The number of carbonyl (C=O) groups excluding carboxylic acids is 4. The van der Waals surface area contributed by atoms with Crippen LogP contribution < -0.4 is 0 Å². The van der Waals surface area contributed by atoms with Crippen LogP contribution in [0.5, 0.6) is 0 Å². The molecule has 79 heavy (non-hydrogen) atoms. The quantitative estimate of drug-likeness (QED) is 0.0474. The molecule has 0 aromatic rings. The van der Waals surface area contributed by atoms with Crippen molar-refractivity contribution in [2.75, 3.05) is 13.2 Å². The molecule has 2 bridgehead atoms. The van der Waals surface area contributed by atoms with E-state index >= 15 is 0 Å². The van der Waals surface area contributed by atoms with Crippen molar-refractivity contribution in [3.05, 3.63) is 11.6 Å². The van der Waals surface area contributed by atoms with Gasteiger partial charge in [-0.05, 0) is 67.2 Å². The van der Waals surface area contributed by atoms with Crippen LogP contribution >= 0.6 is 0 Å². The zero-order chi connectivity index (χ0) is 58.2. The van der Waals surface area contributed by atoms with Crippen LogP contribution in [0, 0.1) is 11.8 Å². The van der Waals surface area contributed by atoms with Crippen LogP contribution in [0.25, 0.3) is 0 Å². The Labute approximate surface area is 463 Å². The minimum absolute atomic E-state index is 0.116. The lowest BCUT2D eigenvalue weighted by molar-refractivity contribution is -0.409. The van der Waals surface area contributed by atoms with Crippen LogP contribution in [0.2, 0.25) is 0 Å². The van der Waals surface area contributed by atoms with E-state index in [2.05, 4.69) is 6.92 Å². The molecule has 0 spiro atoms. The lowest BCUT2D eigenvalue weighted by Crippen LogP contribution is -2.69. The molecule has 24 nitrogen and oxygen atoms in total. The second kappa shape index (κ2) is 32.1. The van der Waals surface area contributed by atoms with Crippen molar-refractivity contribution in [1.82, 2.24) is 0 Å². The first-order valence-electron chi connectivity index (χ1n) is 28.6. The van der Waals surface area contributed by atoms with E-state index in [-0.39, 0.29) is 12.0 Å². The number of fused-ring (bicyclic) bond motifs is 4. The number of hydrogen-bond acceptors (Lipinski definition) is 24. The molecule has 0 radical (unpaired) electrons. The first-order chi connectivity index (χ1) is 37.6. The molecule has 5 aliphatic rings. The Morgan fingerprint density at radius 3 is 1.87 bits per heavy atom. The van der Waals surface area contributed by atoms with Gasteiger partial charge in [0.2, 0.25) is 0 Å². The van der Waals surface area contributed by atoms with E-state index in [0.29, 0.717) is 32.1 Å². The van der Waals surface area contributed by atoms with Gasteiger partial charge in [-0.15, -0.1) is 0 Å². The summed E-state index contributed by atoms with van der Waals surface area (Å²) in [6, 6.07) is 0. The summed E-state index contributed by atoms with van der Waals surface area (Å²) in [6.07, 6.45) is -25.4. The number of unbranched alkanes of at least 4 members (excludes halogenated alkanes) is 2. The highest BCUT2D eigenvalue weighted by Gasteiger charge is 2.59. The van der Waals surface area contributed by atoms with Crippen LogP contribution in [0.3, 0.4) is 0 Å². The third-order valence-corrected chi connectivity index (χ3v) is 15.8. The maximum Gasteiger partial charge on any atom is 0.333 e. The number of esters is 4. The molecule has 0 aromatic carbocycles. The van der Waals surface area contributed by atoms with Crippen LogP contribution in [-0.2, 0) is 76.0 Å². The number of hydrogen-bond donors (Lipinski definition) is 8. The van der Waals surface area contributed by atoms with Crippen molar-refractivity contribution in [2.45, 2.75) is 287 Å². The second-order valence-electron chi connectivity index (χ2n) is 21.8. The van der Waals surface area contributed by atoms with E-state index in [9.17, 15) is 60.0 Å². The molecule has 5 rings (SSSR count). The normalized spacial score (nSPS) is 39.9. The van der Waals surface area contributed by atoms with Crippen molar-refractivity contribution in [3.63, 3.8) is 0 Å². The van der Waals surface area contributed by atoms with E-state index in [4.69, 9.17) is 56.8 Å². The highest BCUT2D eigenvalue weighted by molar-refractivity contribution is 5.87. The van der Waals surface area contributed by atoms with E-state index < -0.39 is 184 Å². The molecule has 24 unspecified atom stereocenters. The zero-order valence-corrected chi connectivity index (χ0v) is 47.4. The summed E-state index contributed by atoms with van der Waals surface area (Å²) < 4.78 is 75.0. The second-order valence-corrected chi connectivity index (χ2v) is 21.8. The Kier molecular flexibility index (Phi) is 27.2. The SMILES string of the molecule is CC=C(C)C(=O)OC1C(C)OC(OC2C3OC(CO)C(O)C2OC2OC(CO)C(O)C(OC(=O)C(C)CC)C2OC(=O)CCCCCCCCCC(CCCCC)OC2OC(C)C(O)C(O)C2O3)C(OC(=O)C(C)C(C)O)C1O. The van der Waals surface area contributed by atoms with Gasteiger partial charge in [0.15, 0.2) is 49.6 Å². The van der Waals surface area contributed by atoms with Gasteiger partial charge in [0, 0.05) is 12.0 Å². The predicted molar refractivity (Wildman–Crippen MR) is 275 cm³/mol. The van der Waals surface area contributed by atoms with Gasteiger partial charge in [0.25, 0.3) is 0 Å². The summed E-state index contributed by atoms with van der Waals surface area (Å²) in [5.74, 6) is -5.42. The first-order valence-corrected chi connectivity index (χ1v) is 28.6. The molecule has 5 aliphatic heterocycles. The molecule has 456 valence electrons. The number of allylic oxidation sites excluding steroid dienone is 1. The minimum atomic E-state index is -2.01. The molecule has 5 fully saturated rings. The number of aliphatic hydroxyl groups is 8. The smallest absolute Gasteiger partial charge is 0.333 e. The van der Waals surface area contributed by atoms with Crippen molar-refractivity contribution < 1.29 is 117 Å². The Hall–Kier alpha value is -3.02. The van der Waals surface area contributed by atoms with Crippen molar-refractivity contribution in [1.29, 1.82) is 0 Å². The maximum atomic E-state index is 13.9. The Morgan fingerprint density at radius 2 is 1.24 bits per heavy atom. The van der Waals surface area contributed by atoms with E-state index in [1.165, 1.54) is 33.8 Å². The van der Waals surface area contributed by atoms with Gasteiger partial charge in [-0.3, -0.25) is 14.4 Å². The molecule has 0 aliphatic carbocycles. The fraction of sp³-hybridized carbons (Fsp3) is 0.891. The van der Waals surface area contributed by atoms with Crippen molar-refractivity contribution in [2.24, 2.45) is 11.8 Å². The first kappa shape index (κ1) is 66.8. The van der Waals surface area contributed by atoms with E-state index in [1.54, 1.807) is 27.7 Å². The largest absolute Gasteiger partial charge is 0.455 e. The summed E-state index contributed by atoms with van der Waals surface area (Å²) >= 11 is 0.